The number of ether oxygens (including phenoxy) is 1. The molecule has 1 heterocycles. The van der Waals surface area contributed by atoms with Gasteiger partial charge in [0.15, 0.2) is 0 Å². The molecule has 7 nitrogen and oxygen atoms in total. The van der Waals surface area contributed by atoms with Gasteiger partial charge in [0.1, 0.15) is 5.56 Å². The molecule has 0 unspecified atom stereocenters. The topological polar surface area (TPSA) is 88.6 Å². The normalized spacial score (nSPS) is 11.2. The molecule has 0 saturated carbocycles. The van der Waals surface area contributed by atoms with Crippen molar-refractivity contribution < 1.29 is 17.9 Å². The lowest BCUT2D eigenvalue weighted by Crippen LogP contribution is -2.41. The lowest BCUT2D eigenvalue weighted by Gasteiger charge is -2.20. The zero-order chi connectivity index (χ0) is 17.7. The molecule has 0 aliphatic rings. The number of hydrogen-bond acceptors (Lipinski definition) is 5. The van der Waals surface area contributed by atoms with Gasteiger partial charge in [0.2, 0.25) is 5.88 Å². The number of carbonyl (C=O) groups excluding carboxylic acids is 1. The first kappa shape index (κ1) is 17.7. The highest BCUT2D eigenvalue weighted by atomic mass is 32.2. The van der Waals surface area contributed by atoms with E-state index in [0.717, 1.165) is 4.31 Å². The Morgan fingerprint density at radius 2 is 1.83 bits per heavy atom. The number of benzene rings is 1. The molecule has 24 heavy (non-hydrogen) atoms. The number of nitrogens with zero attached hydrogens (tertiary/aromatic N) is 2. The lowest BCUT2D eigenvalue weighted by atomic mass is 10.2. The molecule has 0 fully saturated rings. The van der Waals surface area contributed by atoms with Crippen LogP contribution in [0.2, 0.25) is 0 Å². The molecule has 0 atom stereocenters. The second-order valence-corrected chi connectivity index (χ2v) is 6.96. The highest BCUT2D eigenvalue weighted by molar-refractivity contribution is 7.91. The largest absolute Gasteiger partial charge is 0.474 e. The number of aromatic nitrogens is 1. The lowest BCUT2D eigenvalue weighted by molar-refractivity contribution is 0.0974. The molecule has 128 valence electrons. The maximum Gasteiger partial charge on any atom is 0.326 e. The van der Waals surface area contributed by atoms with E-state index in [9.17, 15) is 13.2 Å². The van der Waals surface area contributed by atoms with Crippen molar-refractivity contribution in [2.75, 3.05) is 11.4 Å². The Morgan fingerprint density at radius 3 is 2.46 bits per heavy atom. The summed E-state index contributed by atoms with van der Waals surface area (Å²) in [6.07, 6.45) is 1.27. The summed E-state index contributed by atoms with van der Waals surface area (Å²) in [6.45, 7) is 3.58. The van der Waals surface area contributed by atoms with Crippen LogP contribution >= 0.6 is 0 Å². The van der Waals surface area contributed by atoms with Crippen LogP contribution in [0.4, 0.5) is 5.69 Å². The number of carbonyl (C=O) groups is 1. The number of amides is 1. The summed E-state index contributed by atoms with van der Waals surface area (Å²) in [4.78, 5) is 16.3. The number of nitrogens with one attached hydrogen (secondary N) is 1. The van der Waals surface area contributed by atoms with E-state index in [0.29, 0.717) is 5.69 Å². The van der Waals surface area contributed by atoms with Gasteiger partial charge in [-0.3, -0.25) is 9.10 Å². The number of pyridine rings is 1. The average Bonchev–Trinajstić information content (AvgIpc) is 2.54. The van der Waals surface area contributed by atoms with Gasteiger partial charge >= 0.3 is 10.2 Å². The molecule has 2 aromatic rings. The maximum absolute atomic E-state index is 12.4. The maximum atomic E-state index is 12.4. The van der Waals surface area contributed by atoms with Crippen molar-refractivity contribution in [3.63, 3.8) is 0 Å². The minimum Gasteiger partial charge on any atom is -0.474 e. The summed E-state index contributed by atoms with van der Waals surface area (Å²) in [7, 11) is -2.69. The number of hydrogen-bond donors (Lipinski definition) is 1. The molecule has 1 aromatic heterocycles. The van der Waals surface area contributed by atoms with E-state index in [1.54, 1.807) is 44.2 Å². The summed E-state index contributed by atoms with van der Waals surface area (Å²) in [5.74, 6) is -0.718. The Hall–Kier alpha value is -2.61. The molecule has 2 rings (SSSR count). The Kier molecular flexibility index (Phi) is 5.40. The standard InChI is InChI=1S/C16H19N3O4S/c1-12(2)23-16-14(10-7-11-17-16)15(20)18-24(21,22)19(3)13-8-5-4-6-9-13/h4-12H,1-3H3,(H,18,20). The molecule has 0 spiro atoms. The molecular formula is C16H19N3O4S. The van der Waals surface area contributed by atoms with E-state index < -0.39 is 16.1 Å². The predicted octanol–water partition coefficient (Wildman–Crippen LogP) is 1.98. The number of anilines is 1. The van der Waals surface area contributed by atoms with Crippen molar-refractivity contribution in [3.8, 4) is 5.88 Å². The number of rotatable bonds is 6. The van der Waals surface area contributed by atoms with Gasteiger partial charge in [-0.2, -0.15) is 8.42 Å². The van der Waals surface area contributed by atoms with E-state index >= 15 is 0 Å². The van der Waals surface area contributed by atoms with Crippen LogP contribution < -0.4 is 13.8 Å². The van der Waals surface area contributed by atoms with E-state index in [2.05, 4.69) is 4.98 Å². The van der Waals surface area contributed by atoms with Crippen molar-refractivity contribution in [1.82, 2.24) is 9.71 Å². The summed E-state index contributed by atoms with van der Waals surface area (Å²) >= 11 is 0. The number of para-hydroxylation sites is 1. The van der Waals surface area contributed by atoms with Crippen LogP contribution in [-0.4, -0.2) is 32.5 Å². The van der Waals surface area contributed by atoms with Crippen LogP contribution in [0.1, 0.15) is 24.2 Å². The fourth-order valence-corrected chi connectivity index (χ4v) is 2.78. The Balaban J connectivity index is 2.23. The fraction of sp³-hybridized carbons (Fsp3) is 0.250. The fourth-order valence-electron chi connectivity index (χ4n) is 1.90. The van der Waals surface area contributed by atoms with Gasteiger partial charge in [0.05, 0.1) is 11.8 Å². The zero-order valence-electron chi connectivity index (χ0n) is 13.6. The molecule has 0 radical (unpaired) electrons. The van der Waals surface area contributed by atoms with Gasteiger partial charge in [-0.15, -0.1) is 0 Å². The van der Waals surface area contributed by atoms with Crippen molar-refractivity contribution in [2.45, 2.75) is 20.0 Å². The van der Waals surface area contributed by atoms with Crippen molar-refractivity contribution >= 4 is 21.8 Å². The van der Waals surface area contributed by atoms with E-state index in [1.807, 2.05) is 4.72 Å². The van der Waals surface area contributed by atoms with Gasteiger partial charge in [-0.05, 0) is 38.1 Å². The molecule has 8 heteroatoms. The van der Waals surface area contributed by atoms with Crippen LogP contribution in [0.5, 0.6) is 5.88 Å². The third-order valence-corrected chi connectivity index (χ3v) is 4.44. The highest BCUT2D eigenvalue weighted by Gasteiger charge is 2.24. The van der Waals surface area contributed by atoms with Crippen molar-refractivity contribution in [2.24, 2.45) is 0 Å². The molecule has 0 saturated heterocycles. The van der Waals surface area contributed by atoms with Gasteiger partial charge in [0, 0.05) is 13.2 Å². The quantitative estimate of drug-likeness (QED) is 0.861. The Morgan fingerprint density at radius 1 is 1.17 bits per heavy atom. The van der Waals surface area contributed by atoms with Crippen molar-refractivity contribution in [3.05, 3.63) is 54.2 Å². The first-order valence-electron chi connectivity index (χ1n) is 7.29. The molecule has 1 N–H and O–H groups in total. The first-order chi connectivity index (χ1) is 11.3. The van der Waals surface area contributed by atoms with Crippen LogP contribution in [0, 0.1) is 0 Å². The molecule has 0 bridgehead atoms. The summed E-state index contributed by atoms with van der Waals surface area (Å²) in [6, 6.07) is 11.4. The van der Waals surface area contributed by atoms with Gasteiger partial charge in [-0.25, -0.2) is 9.71 Å². The predicted molar refractivity (Wildman–Crippen MR) is 91.2 cm³/mol. The van der Waals surface area contributed by atoms with Crippen LogP contribution in [-0.2, 0) is 10.2 Å². The van der Waals surface area contributed by atoms with E-state index in [-0.39, 0.29) is 17.5 Å². The second-order valence-electron chi connectivity index (χ2n) is 5.26. The van der Waals surface area contributed by atoms with Crippen LogP contribution in [0.3, 0.4) is 0 Å². The molecule has 1 amide bonds. The smallest absolute Gasteiger partial charge is 0.326 e. The Labute approximate surface area is 141 Å². The summed E-state index contributed by atoms with van der Waals surface area (Å²) in [5, 5.41) is 0. The molecule has 0 aliphatic carbocycles. The third kappa shape index (κ3) is 4.23. The van der Waals surface area contributed by atoms with Gasteiger partial charge in [-0.1, -0.05) is 18.2 Å². The minimum atomic E-state index is -4.06. The highest BCUT2D eigenvalue weighted by Crippen LogP contribution is 2.18. The van der Waals surface area contributed by atoms with Gasteiger partial charge in [0.25, 0.3) is 5.91 Å². The van der Waals surface area contributed by atoms with E-state index in [1.165, 1.54) is 25.4 Å². The minimum absolute atomic E-state index is 0.0521. The summed E-state index contributed by atoms with van der Waals surface area (Å²) in [5.41, 5.74) is 0.485. The molecular weight excluding hydrogens is 330 g/mol. The SMILES string of the molecule is CC(C)Oc1ncccc1C(=O)NS(=O)(=O)N(C)c1ccccc1. The zero-order valence-corrected chi connectivity index (χ0v) is 14.4. The van der Waals surface area contributed by atoms with Gasteiger partial charge < -0.3 is 4.74 Å². The molecule has 0 aliphatic heterocycles. The van der Waals surface area contributed by atoms with Crippen LogP contribution in [0.15, 0.2) is 48.7 Å². The van der Waals surface area contributed by atoms with E-state index in [4.69, 9.17) is 4.74 Å². The second kappa shape index (κ2) is 7.31. The van der Waals surface area contributed by atoms with Crippen molar-refractivity contribution in [1.29, 1.82) is 0 Å². The monoisotopic (exact) mass is 349 g/mol. The molecule has 1 aromatic carbocycles. The third-order valence-electron chi connectivity index (χ3n) is 3.07. The first-order valence-corrected chi connectivity index (χ1v) is 8.73. The van der Waals surface area contributed by atoms with Crippen LogP contribution in [0.25, 0.3) is 0 Å². The average molecular weight is 349 g/mol. The summed E-state index contributed by atoms with van der Waals surface area (Å²) < 4.78 is 33.2. The Bertz CT molecular complexity index is 807.